The van der Waals surface area contributed by atoms with Crippen molar-refractivity contribution in [2.24, 2.45) is 0 Å². The molecular weight excluding hydrogens is 1230 g/mol. The summed E-state index contributed by atoms with van der Waals surface area (Å²) in [5.41, 5.74) is 14.3. The van der Waals surface area contributed by atoms with Crippen LogP contribution in [0.5, 0.6) is 0 Å². The molecule has 7 aromatic heterocycles. The van der Waals surface area contributed by atoms with E-state index in [-0.39, 0.29) is 5.54 Å². The number of imidazole rings is 5. The topological polar surface area (TPSA) is 220 Å². The molecule has 7 N–H and O–H groups in total. The first-order valence-corrected chi connectivity index (χ1v) is 35.8. The summed E-state index contributed by atoms with van der Waals surface area (Å²) in [5.74, 6) is 3.33. The zero-order valence-corrected chi connectivity index (χ0v) is 57.8. The van der Waals surface area contributed by atoms with Crippen LogP contribution in [0.15, 0.2) is 204 Å². The lowest BCUT2D eigenvalue weighted by molar-refractivity contribution is 0.555. The van der Waals surface area contributed by atoms with Gasteiger partial charge in [-0.1, -0.05) is 192 Å². The molecule has 0 fully saturated rings. The van der Waals surface area contributed by atoms with Crippen molar-refractivity contribution in [2.75, 3.05) is 34.1 Å². The highest BCUT2D eigenvalue weighted by molar-refractivity contribution is 8.00. The summed E-state index contributed by atoms with van der Waals surface area (Å²) in [4.78, 5) is 47.1. The molecular formula is C70H84N14O2S5. The number of hydrogen-bond acceptors (Lipinski definition) is 16. The van der Waals surface area contributed by atoms with Crippen LogP contribution in [0.4, 0.5) is 12.0 Å². The van der Waals surface area contributed by atoms with Crippen LogP contribution < -0.4 is 10.6 Å². The Labute approximate surface area is 554 Å². The Morgan fingerprint density at radius 1 is 0.418 bits per heavy atom. The average molecular weight is 1310 g/mol. The highest BCUT2D eigenvalue weighted by atomic mass is 32.2. The van der Waals surface area contributed by atoms with Crippen molar-refractivity contribution >= 4 is 148 Å². The molecule has 0 aliphatic heterocycles. The summed E-state index contributed by atoms with van der Waals surface area (Å²) in [7, 11) is 0. The third-order valence-electron chi connectivity index (χ3n) is 12.9. The summed E-state index contributed by atoms with van der Waals surface area (Å²) in [5, 5.41) is 12.0. The van der Waals surface area contributed by atoms with E-state index in [2.05, 4.69) is 152 Å². The molecule has 0 saturated carbocycles. The number of nitrogens with one attached hydrogen (secondary N) is 7. The maximum absolute atomic E-state index is 5.52. The van der Waals surface area contributed by atoms with Crippen LogP contribution in [0, 0.1) is 0 Å². The van der Waals surface area contributed by atoms with E-state index in [0.29, 0.717) is 23.3 Å². The molecule has 14 rings (SSSR count). The standard InChI is InChI=1S/2C11H14N2O.C11H14N2S.2C10H12N2S.C9H10N2S.C8H8N2S/c1-11(2,3)13-10-12-8-6-4-5-7-9(8)14-10;1-3-8(2)12-11-13-9-6-4-5-7-10(9)14-11;1-2-3-8-14-11-12-9-6-4-5-7-10(9)13-11;1-7(2)13-10-11-8-5-3-4-6-9(8)12-10;1-2-7-13-10-11-8-5-3-4-6-9(8)12-10;1-2-12-9-10-7-5-3-4-6-8(7)11-9;1-11-8-9-6-4-2-3-5-7(6)10-8/h4-7H,1-3H3,(H,12,13);4-8H,3H2,1-2H3,(H,12,13);4-7H,2-3,8H2,1H3,(H,12,13);3-7H,1-2H3,(H,11,12);3-6H,2,7H2,1H3,(H,11,12);3-6H,2H2,1H3,(H,10,11);2-5H,1H3,(H,9,10). The lowest BCUT2D eigenvalue weighted by Gasteiger charge is -2.18. The lowest BCUT2D eigenvalue weighted by atomic mass is 10.1. The van der Waals surface area contributed by atoms with Gasteiger partial charge in [-0.15, -0.1) is 0 Å². The van der Waals surface area contributed by atoms with Gasteiger partial charge in [-0.25, -0.2) is 24.9 Å². The van der Waals surface area contributed by atoms with Gasteiger partial charge in [0, 0.05) is 28.3 Å². The third-order valence-corrected chi connectivity index (χ3v) is 17.2. The van der Waals surface area contributed by atoms with Crippen molar-refractivity contribution in [3.63, 3.8) is 0 Å². The van der Waals surface area contributed by atoms with Crippen LogP contribution in [0.1, 0.15) is 94.9 Å². The minimum atomic E-state index is -0.0269. The number of anilines is 2. The molecule has 0 spiro atoms. The number of H-pyrrole nitrogens is 5. The van der Waals surface area contributed by atoms with E-state index in [1.54, 1.807) is 58.8 Å². The number of rotatable bonds is 16. The lowest BCUT2D eigenvalue weighted by Crippen LogP contribution is -2.26. The second-order valence-corrected chi connectivity index (χ2v) is 27.7. The smallest absolute Gasteiger partial charge is 0.296 e. The molecule has 0 bridgehead atoms. The Bertz CT molecular complexity index is 4150. The molecule has 0 saturated heterocycles. The van der Waals surface area contributed by atoms with Crippen LogP contribution in [0.25, 0.3) is 77.4 Å². The average Bonchev–Trinajstić information content (AvgIpc) is 3.89. The number of aromatic amines is 5. The third kappa shape index (κ3) is 22.2. The highest BCUT2D eigenvalue weighted by Gasteiger charge is 2.14. The quantitative estimate of drug-likeness (QED) is 0.0353. The second kappa shape index (κ2) is 35.7. The summed E-state index contributed by atoms with van der Waals surface area (Å²) >= 11 is 8.70. The van der Waals surface area contributed by atoms with Crippen molar-refractivity contribution < 1.29 is 8.83 Å². The minimum Gasteiger partial charge on any atom is -0.424 e. The minimum absolute atomic E-state index is 0.0269. The zero-order chi connectivity index (χ0) is 64.4. The number of para-hydroxylation sites is 14. The van der Waals surface area contributed by atoms with E-state index >= 15 is 0 Å². The molecule has 0 amide bonds. The van der Waals surface area contributed by atoms with Crippen LogP contribution in [0.3, 0.4) is 0 Å². The normalized spacial score (nSPS) is 11.4. The van der Waals surface area contributed by atoms with Gasteiger partial charge in [-0.05, 0) is 144 Å². The van der Waals surface area contributed by atoms with Gasteiger partial charge in [-0.3, -0.25) is 0 Å². The monoisotopic (exact) mass is 1310 g/mol. The van der Waals surface area contributed by atoms with Crippen molar-refractivity contribution in [3.8, 4) is 0 Å². The van der Waals surface area contributed by atoms with Gasteiger partial charge < -0.3 is 44.4 Å². The van der Waals surface area contributed by atoms with Gasteiger partial charge in [0.2, 0.25) is 0 Å². The van der Waals surface area contributed by atoms with Gasteiger partial charge in [0.15, 0.2) is 36.9 Å². The van der Waals surface area contributed by atoms with Crippen molar-refractivity contribution in [3.05, 3.63) is 170 Å². The zero-order valence-electron chi connectivity index (χ0n) is 53.8. The highest BCUT2D eigenvalue weighted by Crippen LogP contribution is 2.26. The molecule has 14 aromatic rings. The molecule has 7 aromatic carbocycles. The first kappa shape index (κ1) is 69.1. The maximum Gasteiger partial charge on any atom is 0.296 e. The Hall–Kier alpha value is -7.82. The Kier molecular flexibility index (Phi) is 27.1. The first-order chi connectivity index (χ1) is 44.2. The number of aromatic nitrogens is 12. The number of hydrogen-bond donors (Lipinski definition) is 7. The molecule has 476 valence electrons. The first-order valence-electron chi connectivity index (χ1n) is 30.8. The number of thioether (sulfide) groups is 5. The van der Waals surface area contributed by atoms with E-state index < -0.39 is 0 Å². The van der Waals surface area contributed by atoms with Crippen LogP contribution in [-0.2, 0) is 0 Å². The van der Waals surface area contributed by atoms with E-state index in [9.17, 15) is 0 Å². The summed E-state index contributed by atoms with van der Waals surface area (Å²) in [6.45, 7) is 21.3. The molecule has 16 nitrogen and oxygen atoms in total. The van der Waals surface area contributed by atoms with Crippen LogP contribution in [-0.4, -0.2) is 100 Å². The molecule has 1 unspecified atom stereocenters. The summed E-state index contributed by atoms with van der Waals surface area (Å²) in [6.07, 6.45) is 6.74. The molecule has 0 aliphatic rings. The van der Waals surface area contributed by atoms with Gasteiger partial charge in [0.05, 0.1) is 55.2 Å². The Balaban J connectivity index is 0.000000137. The molecule has 1 atom stereocenters. The van der Waals surface area contributed by atoms with Crippen LogP contribution >= 0.6 is 58.8 Å². The number of fused-ring (bicyclic) bond motifs is 7. The van der Waals surface area contributed by atoms with Gasteiger partial charge in [0.25, 0.3) is 12.0 Å². The molecule has 7 heterocycles. The van der Waals surface area contributed by atoms with Crippen molar-refractivity contribution in [1.82, 2.24) is 59.8 Å². The molecule has 0 aliphatic carbocycles. The van der Waals surface area contributed by atoms with E-state index in [4.69, 9.17) is 8.83 Å². The van der Waals surface area contributed by atoms with Gasteiger partial charge >= 0.3 is 0 Å². The SMILES string of the molecule is CC(C)(C)Nc1nc2ccccc2o1.CC(C)Sc1nc2ccccc2[nH]1.CCC(C)Nc1nc2ccccc2o1.CCCCSc1nc2ccccc2[nH]1.CCCSc1nc2ccccc2[nH]1.CCSc1nc2ccccc2[nH]1.CSc1nc2ccccc2[nH]1. The fourth-order valence-corrected chi connectivity index (χ4v) is 11.9. The largest absolute Gasteiger partial charge is 0.424 e. The molecule has 0 radical (unpaired) electrons. The fourth-order valence-electron chi connectivity index (χ4n) is 8.37. The predicted octanol–water partition coefficient (Wildman–Crippen LogP) is 20.6. The van der Waals surface area contributed by atoms with Gasteiger partial charge in [0.1, 0.15) is 11.0 Å². The molecule has 21 heteroatoms. The predicted molar refractivity (Wildman–Crippen MR) is 391 cm³/mol. The summed E-state index contributed by atoms with van der Waals surface area (Å²) in [6, 6.07) is 57.6. The fraction of sp³-hybridized carbons (Fsp3) is 0.300. The maximum atomic E-state index is 5.52. The van der Waals surface area contributed by atoms with E-state index in [1.807, 2.05) is 164 Å². The van der Waals surface area contributed by atoms with Crippen LogP contribution in [0.2, 0.25) is 0 Å². The number of unbranched alkanes of at least 4 members (excludes halogenated alkanes) is 1. The number of benzene rings is 7. The van der Waals surface area contributed by atoms with E-state index in [1.165, 1.54) is 19.3 Å². The number of oxazole rings is 2. The second-order valence-electron chi connectivity index (χ2n) is 22.0. The van der Waals surface area contributed by atoms with E-state index in [0.717, 1.165) is 127 Å². The van der Waals surface area contributed by atoms with Crippen molar-refractivity contribution in [1.29, 1.82) is 0 Å². The molecule has 91 heavy (non-hydrogen) atoms. The van der Waals surface area contributed by atoms with Gasteiger partial charge in [-0.2, -0.15) is 9.97 Å². The summed E-state index contributed by atoms with van der Waals surface area (Å²) < 4.78 is 11.0. The Morgan fingerprint density at radius 3 is 1.16 bits per heavy atom. The Morgan fingerprint density at radius 2 is 0.780 bits per heavy atom. The number of nitrogens with zero attached hydrogens (tertiary/aromatic N) is 7. The van der Waals surface area contributed by atoms with Crippen molar-refractivity contribution in [2.45, 2.75) is 138 Å².